The second-order valence-corrected chi connectivity index (χ2v) is 12.7. The number of aromatic nitrogens is 2. The van der Waals surface area contributed by atoms with Gasteiger partial charge < -0.3 is 0 Å². The van der Waals surface area contributed by atoms with Gasteiger partial charge in [-0.25, -0.2) is 87.8 Å². The van der Waals surface area contributed by atoms with E-state index in [-0.39, 0.29) is 5.78 Å². The molecule has 0 atom stereocenters. The molecule has 5 aromatic carbocycles. The summed E-state index contributed by atoms with van der Waals surface area (Å²) in [6.07, 6.45) is -0.366. The van der Waals surface area contributed by atoms with Crippen LogP contribution in [0, 0.1) is 116 Å². The number of hydrogen-bond acceptors (Lipinski definition) is 3. The van der Waals surface area contributed by atoms with Gasteiger partial charge >= 0.3 is 0 Å². The topological polar surface area (TPSA) is 33.8 Å². The third-order valence-corrected chi connectivity index (χ3v) is 9.21. The summed E-state index contributed by atoms with van der Waals surface area (Å²) in [5.41, 5.74) is -13.6. The lowest BCUT2D eigenvalue weighted by molar-refractivity contribution is -0.683. The average Bonchev–Trinajstić information content (AvgIpc) is 3.24. The zero-order valence-electron chi connectivity index (χ0n) is 28.7. The number of benzene rings is 5. The Kier molecular flexibility index (Phi) is 12.9. The minimum atomic E-state index is -7.22. The van der Waals surface area contributed by atoms with Crippen LogP contribution >= 0.6 is 12.6 Å². The van der Waals surface area contributed by atoms with Crippen LogP contribution in [0.4, 0.5) is 87.8 Å². The Labute approximate surface area is 330 Å². The number of hydrogen-bond donors (Lipinski definition) is 1. The molecule has 0 aliphatic carbocycles. The molecule has 1 heterocycles. The van der Waals surface area contributed by atoms with E-state index < -0.39 is 144 Å². The Hall–Kier alpha value is -6.14. The summed E-state index contributed by atoms with van der Waals surface area (Å²) in [7, 11) is 0. The maximum absolute atomic E-state index is 15.4. The van der Waals surface area contributed by atoms with Crippen molar-refractivity contribution in [3.05, 3.63) is 171 Å². The van der Waals surface area contributed by atoms with Gasteiger partial charge in [-0.2, -0.15) is 4.57 Å². The average molecular weight is 910 g/mol. The smallest absolute Gasteiger partial charge is 0.227 e. The van der Waals surface area contributed by atoms with Crippen LogP contribution in [-0.2, 0) is 6.54 Å². The second kappa shape index (κ2) is 17.1. The Morgan fingerprint density at radius 2 is 0.639 bits per heavy atom. The van der Waals surface area contributed by atoms with Gasteiger partial charge in [0.1, 0.15) is 52.7 Å². The Morgan fingerprint density at radius 1 is 0.410 bits per heavy atom. The molecule has 0 aliphatic heterocycles. The monoisotopic (exact) mass is 910 g/mol. The van der Waals surface area contributed by atoms with Crippen LogP contribution in [0.3, 0.4) is 0 Å². The van der Waals surface area contributed by atoms with E-state index in [0.29, 0.717) is 12.1 Å². The van der Waals surface area contributed by atoms with Crippen molar-refractivity contribution in [3.8, 4) is 0 Å². The van der Waals surface area contributed by atoms with Crippen LogP contribution in [0.2, 0.25) is 0 Å². The van der Waals surface area contributed by atoms with Gasteiger partial charge in [-0.15, -0.1) is 34.5 Å². The lowest BCUT2D eigenvalue weighted by atomic mass is 9.12. The van der Waals surface area contributed by atoms with Crippen molar-refractivity contribution in [2.45, 2.75) is 11.4 Å². The second-order valence-electron chi connectivity index (χ2n) is 12.2. The summed E-state index contributed by atoms with van der Waals surface area (Å²) in [6.45, 7) is 0.328. The predicted octanol–water partition coefficient (Wildman–Crippen LogP) is 7.39. The fraction of sp³-hybridized carbons (Fsp3) is 0.0278. The Bertz CT molecular complexity index is 2380. The van der Waals surface area contributed by atoms with Crippen molar-refractivity contribution >= 4 is 46.4 Å². The minimum Gasteiger partial charge on any atom is -0.287 e. The maximum atomic E-state index is 15.4. The molecule has 0 spiro atoms. The van der Waals surface area contributed by atoms with Gasteiger partial charge in [0.05, 0.1) is 12.4 Å². The van der Waals surface area contributed by atoms with E-state index in [4.69, 9.17) is 0 Å². The van der Waals surface area contributed by atoms with Crippen LogP contribution in [0.15, 0.2) is 53.9 Å². The third kappa shape index (κ3) is 7.41. The van der Waals surface area contributed by atoms with Crippen molar-refractivity contribution in [2.75, 3.05) is 0 Å². The summed E-state index contributed by atoms with van der Waals surface area (Å²) >= 11 is 4.17. The highest BCUT2D eigenvalue weighted by atomic mass is 32.1. The minimum absolute atomic E-state index is 0.0736. The van der Waals surface area contributed by atoms with Crippen LogP contribution in [0.5, 0.6) is 0 Å². The number of thiol groups is 1. The first-order valence-electron chi connectivity index (χ1n) is 15.8. The molecule has 6 aromatic rings. The van der Waals surface area contributed by atoms with Crippen LogP contribution < -0.4 is 26.4 Å². The number of nitrogens with zero attached hydrogens (tertiary/aromatic N) is 2. The van der Waals surface area contributed by atoms with Gasteiger partial charge in [-0.05, 0) is 12.1 Å². The normalized spacial score (nSPS) is 11.5. The van der Waals surface area contributed by atoms with Crippen molar-refractivity contribution in [1.82, 2.24) is 4.98 Å². The molecule has 0 fully saturated rings. The summed E-state index contributed by atoms with van der Waals surface area (Å²) < 4.78 is 296. The molecular formula is C36H11BF20N2OS. The predicted molar refractivity (Wildman–Crippen MR) is 172 cm³/mol. The zero-order valence-corrected chi connectivity index (χ0v) is 29.6. The lowest BCUT2D eigenvalue weighted by Gasteiger charge is -2.44. The molecular weight excluding hydrogens is 899 g/mol. The number of carbonyl (C=O) groups excluding carboxylic acids is 1. The van der Waals surface area contributed by atoms with E-state index >= 15 is 35.1 Å². The molecule has 0 unspecified atom stereocenters. The first-order chi connectivity index (χ1) is 28.5. The molecule has 0 aliphatic rings. The number of rotatable bonds is 7. The van der Waals surface area contributed by atoms with E-state index in [2.05, 4.69) is 17.6 Å². The van der Waals surface area contributed by atoms with Crippen molar-refractivity contribution in [1.29, 1.82) is 0 Å². The van der Waals surface area contributed by atoms with Crippen molar-refractivity contribution in [3.63, 3.8) is 0 Å². The SMILES string of the molecule is Fc1c(F)c(F)c([B-](c2c(F)c(F)c(F)c(F)c2F)(c2c(F)c(F)c(F)c(F)c2F)c2c(F)c(F)c(F)c(F)c2F)c(F)c1F.O=C(C[n+]1ccncc1)c1ccc(S)cc1. The van der Waals surface area contributed by atoms with Gasteiger partial charge in [0.15, 0.2) is 82.2 Å². The van der Waals surface area contributed by atoms with Crippen LogP contribution in [0.1, 0.15) is 10.4 Å². The summed E-state index contributed by atoms with van der Waals surface area (Å²) in [4.78, 5) is 16.6. The fourth-order valence-corrected chi connectivity index (χ4v) is 6.38. The number of Topliss-reactive ketones (excluding diaryl/α,β-unsaturated/α-hetero) is 1. The van der Waals surface area contributed by atoms with E-state index in [9.17, 15) is 57.5 Å². The first kappa shape index (κ1) is 45.9. The molecule has 0 amide bonds. The van der Waals surface area contributed by atoms with Gasteiger partial charge in [-0.1, -0.05) is 12.1 Å². The highest BCUT2D eigenvalue weighted by Crippen LogP contribution is 2.30. The summed E-state index contributed by atoms with van der Waals surface area (Å²) in [5, 5.41) is 0. The molecule has 0 N–H and O–H groups in total. The standard InChI is InChI=1S/C24BF20.C12H10N2OS/c26-5-1(6(27)14(35)21(42)13(5)34)25(2-7(28)15(36)22(43)16(37)8(2)29,3-9(30)17(38)23(44)18(39)10(3)31)4-11(32)19(40)24(45)20(41)12(4)33;15-12(9-14-7-5-13-6-8-14)10-1-3-11(16)4-2-10/h;1-8H,9H2/q-1;/p+1. The molecule has 0 bridgehead atoms. The van der Waals surface area contributed by atoms with Gasteiger partial charge in [-0.3, -0.25) is 9.78 Å². The molecule has 0 saturated heterocycles. The third-order valence-electron chi connectivity index (χ3n) is 8.91. The van der Waals surface area contributed by atoms with Crippen LogP contribution in [0.25, 0.3) is 0 Å². The highest BCUT2D eigenvalue weighted by Gasteiger charge is 2.52. The molecule has 6 rings (SSSR count). The molecule has 320 valence electrons. The summed E-state index contributed by atoms with van der Waals surface area (Å²) in [6, 6.07) is 7.19. The van der Waals surface area contributed by atoms with E-state index in [1.165, 1.54) is 0 Å². The molecule has 25 heteroatoms. The van der Waals surface area contributed by atoms with E-state index in [1.807, 2.05) is 12.1 Å². The molecule has 0 radical (unpaired) electrons. The maximum Gasteiger partial charge on any atom is 0.227 e. The number of carbonyl (C=O) groups is 1. The summed E-state index contributed by atoms with van der Waals surface area (Å²) in [5.74, 6) is -71.3. The van der Waals surface area contributed by atoms with Crippen molar-refractivity contribution in [2.24, 2.45) is 0 Å². The van der Waals surface area contributed by atoms with E-state index in [0.717, 1.165) is 4.90 Å². The van der Waals surface area contributed by atoms with Crippen LogP contribution in [-0.4, -0.2) is 16.9 Å². The largest absolute Gasteiger partial charge is 0.287 e. The Morgan fingerprint density at radius 3 is 0.885 bits per heavy atom. The molecule has 1 aromatic heterocycles. The van der Waals surface area contributed by atoms with Crippen molar-refractivity contribution < 1.29 is 97.2 Å². The molecule has 61 heavy (non-hydrogen) atoms. The number of ketones is 1. The fourth-order valence-electron chi connectivity index (χ4n) is 6.23. The van der Waals surface area contributed by atoms with E-state index in [1.54, 1.807) is 41.5 Å². The zero-order chi connectivity index (χ0) is 45.7. The highest BCUT2D eigenvalue weighted by molar-refractivity contribution is 7.80. The lowest BCUT2D eigenvalue weighted by Crippen LogP contribution is -2.81. The van der Waals surface area contributed by atoms with Gasteiger partial charge in [0.25, 0.3) is 0 Å². The van der Waals surface area contributed by atoms with Gasteiger partial charge in [0, 0.05) is 10.5 Å². The molecule has 0 saturated carbocycles. The molecule has 3 nitrogen and oxygen atoms in total. The Balaban J connectivity index is 0.000000366. The number of halogens is 20. The quantitative estimate of drug-likeness (QED) is 0.0345. The van der Waals surface area contributed by atoms with Gasteiger partial charge in [0.2, 0.25) is 12.3 Å². The first-order valence-corrected chi connectivity index (χ1v) is 16.2.